The summed E-state index contributed by atoms with van der Waals surface area (Å²) in [6, 6.07) is 6.31. The zero-order valence-corrected chi connectivity index (χ0v) is 22.1. The van der Waals surface area contributed by atoms with Gasteiger partial charge in [0.15, 0.2) is 29.7 Å². The van der Waals surface area contributed by atoms with E-state index in [9.17, 15) is 28.8 Å². The first kappa shape index (κ1) is 29.2. The molecule has 1 aliphatic rings. The number of thiocarbonyl (C=S) groups is 1. The highest BCUT2D eigenvalue weighted by Gasteiger charge is 2.52. The van der Waals surface area contributed by atoms with Gasteiger partial charge in [0.05, 0.1) is 10.9 Å². The third-order valence-electron chi connectivity index (χ3n) is 5.28. The minimum absolute atomic E-state index is 0.194. The van der Waals surface area contributed by atoms with E-state index in [0.29, 0.717) is 10.2 Å². The van der Waals surface area contributed by atoms with Crippen molar-refractivity contribution in [2.75, 3.05) is 12.0 Å². The number of carbonyl (C=O) groups is 4. The number of ether oxygens (including phenoxy) is 5. The molecule has 5 atom stereocenters. The zero-order chi connectivity index (χ0) is 28.9. The topological polar surface area (TPSA) is 193 Å². The maximum Gasteiger partial charge on any atom is 0.348 e. The summed E-state index contributed by atoms with van der Waals surface area (Å²) in [6.45, 7) is 3.96. The fourth-order valence-corrected chi connectivity index (χ4v) is 4.08. The fraction of sp³-hybridized carbons (Fsp3) is 0.435. The molecule has 0 radical (unpaired) electrons. The third kappa shape index (κ3) is 7.38. The predicted octanol–water partition coefficient (Wildman–Crippen LogP) is -0.809. The van der Waals surface area contributed by atoms with Crippen molar-refractivity contribution in [2.45, 2.75) is 58.3 Å². The number of esters is 4. The highest BCUT2D eigenvalue weighted by molar-refractivity contribution is 7.80. The number of H-pyrrole nitrogens is 1. The lowest BCUT2D eigenvalue weighted by atomic mass is 9.97. The van der Waals surface area contributed by atoms with E-state index in [2.05, 4.69) is 15.7 Å². The summed E-state index contributed by atoms with van der Waals surface area (Å²) in [7, 11) is 0. The first-order valence-corrected chi connectivity index (χ1v) is 11.9. The van der Waals surface area contributed by atoms with E-state index in [1.54, 1.807) is 18.2 Å². The van der Waals surface area contributed by atoms with E-state index in [0.717, 1.165) is 27.7 Å². The van der Waals surface area contributed by atoms with E-state index in [1.165, 1.54) is 6.07 Å². The molecule has 39 heavy (non-hydrogen) atoms. The number of nitrogens with one attached hydrogen (secondary N) is 3. The van der Waals surface area contributed by atoms with Gasteiger partial charge in [0.2, 0.25) is 0 Å². The molecular formula is C23H26N4O11S. The van der Waals surface area contributed by atoms with Crippen molar-refractivity contribution in [1.29, 1.82) is 0 Å². The molecule has 0 amide bonds. The smallest absolute Gasteiger partial charge is 0.348 e. The minimum atomic E-state index is -1.45. The van der Waals surface area contributed by atoms with Crippen LogP contribution in [-0.2, 0) is 42.9 Å². The first-order chi connectivity index (χ1) is 18.4. The van der Waals surface area contributed by atoms with E-state index in [1.807, 2.05) is 0 Å². The van der Waals surface area contributed by atoms with Crippen LogP contribution in [0.2, 0.25) is 0 Å². The summed E-state index contributed by atoms with van der Waals surface area (Å²) in [5.74, 6) is -3.08. The molecule has 3 N–H and O–H groups in total. The number of benzene rings is 1. The largest absolute Gasteiger partial charge is 0.463 e. The van der Waals surface area contributed by atoms with E-state index < -0.39 is 72.4 Å². The second-order valence-electron chi connectivity index (χ2n) is 8.32. The molecular weight excluding hydrogens is 540 g/mol. The molecule has 2 heterocycles. The number of fused-ring (bicyclic) bond motifs is 1. The number of aromatic amines is 1. The number of hydrogen-bond donors (Lipinski definition) is 3. The summed E-state index contributed by atoms with van der Waals surface area (Å²) in [5, 5.41) is 2.52. The fourth-order valence-electron chi connectivity index (χ4n) is 3.87. The molecule has 1 saturated heterocycles. The van der Waals surface area contributed by atoms with Gasteiger partial charge < -0.3 is 34.0 Å². The molecule has 1 aliphatic heterocycles. The number of hydrogen-bond acceptors (Lipinski definition) is 12. The summed E-state index contributed by atoms with van der Waals surface area (Å²) in [5.41, 5.74) is 1.21. The van der Waals surface area contributed by atoms with Gasteiger partial charge >= 0.3 is 29.6 Å². The Morgan fingerprint density at radius 2 is 1.51 bits per heavy atom. The molecule has 3 rings (SSSR count). The Morgan fingerprint density at radius 1 is 0.923 bits per heavy atom. The van der Waals surface area contributed by atoms with Gasteiger partial charge in [0.25, 0.3) is 5.56 Å². The number of para-hydroxylation sites is 1. The minimum Gasteiger partial charge on any atom is -0.463 e. The molecule has 2 aromatic rings. The molecule has 1 aromatic carbocycles. The van der Waals surface area contributed by atoms with Crippen LogP contribution in [0.3, 0.4) is 0 Å². The van der Waals surface area contributed by atoms with Crippen molar-refractivity contribution < 1.29 is 42.9 Å². The van der Waals surface area contributed by atoms with Crippen molar-refractivity contribution in [2.24, 2.45) is 0 Å². The second kappa shape index (κ2) is 12.5. The second-order valence-corrected chi connectivity index (χ2v) is 8.73. The van der Waals surface area contributed by atoms with Crippen molar-refractivity contribution in [3.8, 4) is 0 Å². The number of nitrogens with zero attached hydrogens (tertiary/aromatic N) is 1. The van der Waals surface area contributed by atoms with Gasteiger partial charge in [-0.2, -0.15) is 4.68 Å². The predicted molar refractivity (Wildman–Crippen MR) is 136 cm³/mol. The van der Waals surface area contributed by atoms with Crippen LogP contribution < -0.4 is 22.0 Å². The summed E-state index contributed by atoms with van der Waals surface area (Å²) < 4.78 is 27.5. The third-order valence-corrected chi connectivity index (χ3v) is 5.49. The molecule has 0 saturated carbocycles. The SMILES string of the molecule is CC(=O)OC[C@H]1O[C@@H](NC(=S)Nn2c(=O)[nH]c3ccccc3c2=O)[C@@H](OC(C)=O)[C@H](OC(C)=O)[C@@H]1OC(C)=O. The van der Waals surface area contributed by atoms with Crippen molar-refractivity contribution in [3.63, 3.8) is 0 Å². The van der Waals surface area contributed by atoms with Gasteiger partial charge in [-0.15, -0.1) is 0 Å². The van der Waals surface area contributed by atoms with Gasteiger partial charge in [-0.1, -0.05) is 12.1 Å². The summed E-state index contributed by atoms with van der Waals surface area (Å²) in [4.78, 5) is 75.1. The Hall–Kier alpha value is -4.31. The average molecular weight is 567 g/mol. The normalized spacial score (nSPS) is 22.3. The number of aromatic nitrogens is 2. The molecule has 0 spiro atoms. The molecule has 210 valence electrons. The quantitative estimate of drug-likeness (QED) is 0.214. The molecule has 0 unspecified atom stereocenters. The molecule has 15 nitrogen and oxygen atoms in total. The zero-order valence-electron chi connectivity index (χ0n) is 21.2. The Kier molecular flexibility index (Phi) is 9.37. The lowest BCUT2D eigenvalue weighted by Crippen LogP contribution is -2.66. The monoisotopic (exact) mass is 566 g/mol. The Balaban J connectivity index is 1.95. The van der Waals surface area contributed by atoms with Crippen LogP contribution in [0.15, 0.2) is 33.9 Å². The van der Waals surface area contributed by atoms with E-state index in [-0.39, 0.29) is 10.5 Å². The van der Waals surface area contributed by atoms with Crippen LogP contribution in [0.1, 0.15) is 27.7 Å². The number of rotatable bonds is 7. The summed E-state index contributed by atoms with van der Waals surface area (Å²) >= 11 is 5.26. The van der Waals surface area contributed by atoms with Gasteiger partial charge in [0.1, 0.15) is 12.7 Å². The maximum absolute atomic E-state index is 12.8. The lowest BCUT2D eigenvalue weighted by Gasteiger charge is -2.44. The lowest BCUT2D eigenvalue weighted by molar-refractivity contribution is -0.254. The van der Waals surface area contributed by atoms with Crippen LogP contribution in [0, 0.1) is 0 Å². The summed E-state index contributed by atoms with van der Waals surface area (Å²) in [6.07, 6.45) is -6.87. The average Bonchev–Trinajstić information content (AvgIpc) is 2.83. The number of carbonyl (C=O) groups excluding carboxylic acids is 4. The Labute approximate surface area is 225 Å². The van der Waals surface area contributed by atoms with Gasteiger partial charge in [-0.25, -0.2) is 4.79 Å². The van der Waals surface area contributed by atoms with Crippen LogP contribution >= 0.6 is 12.2 Å². The molecule has 1 aromatic heterocycles. The van der Waals surface area contributed by atoms with Crippen LogP contribution in [0.4, 0.5) is 0 Å². The van der Waals surface area contributed by atoms with Gasteiger partial charge in [-0.3, -0.25) is 29.4 Å². The highest BCUT2D eigenvalue weighted by atomic mass is 32.1. The van der Waals surface area contributed by atoms with Crippen LogP contribution in [0.25, 0.3) is 10.9 Å². The highest BCUT2D eigenvalue weighted by Crippen LogP contribution is 2.28. The Bertz CT molecular complexity index is 1400. The standard InChI is InChI=1S/C23H26N4O11S/c1-10(28)34-9-16-17(35-11(2)29)18(36-12(3)30)19(37-13(4)31)20(38-16)25-22(39)26-27-21(32)14-7-5-6-8-15(14)24-23(27)33/h5-8,16-20H,9H2,1-4H3,(H,24,33)(H2,25,26,39)/t16-,17-,18-,19+,20-/m1/s1. The van der Waals surface area contributed by atoms with Crippen LogP contribution in [0.5, 0.6) is 0 Å². The molecule has 1 fully saturated rings. The van der Waals surface area contributed by atoms with Crippen LogP contribution in [-0.4, -0.2) is 75.9 Å². The molecule has 0 bridgehead atoms. The van der Waals surface area contributed by atoms with E-state index >= 15 is 0 Å². The maximum atomic E-state index is 12.8. The van der Waals surface area contributed by atoms with Gasteiger partial charge in [-0.05, 0) is 24.4 Å². The van der Waals surface area contributed by atoms with E-state index in [4.69, 9.17) is 35.9 Å². The molecule has 0 aliphatic carbocycles. The van der Waals surface area contributed by atoms with Gasteiger partial charge in [0, 0.05) is 27.7 Å². The molecule has 16 heteroatoms. The van der Waals surface area contributed by atoms with Crippen molar-refractivity contribution in [3.05, 3.63) is 45.1 Å². The van der Waals surface area contributed by atoms with Crippen molar-refractivity contribution in [1.82, 2.24) is 15.0 Å². The first-order valence-electron chi connectivity index (χ1n) is 11.5. The van der Waals surface area contributed by atoms with Crippen molar-refractivity contribution >= 4 is 52.1 Å². The Morgan fingerprint density at radius 3 is 2.13 bits per heavy atom.